The van der Waals surface area contributed by atoms with Crippen molar-refractivity contribution in [2.75, 3.05) is 18.8 Å². The van der Waals surface area contributed by atoms with E-state index in [1.54, 1.807) is 23.9 Å². The van der Waals surface area contributed by atoms with E-state index in [9.17, 15) is 4.39 Å². The molecule has 144 valence electrons. The quantitative estimate of drug-likeness (QED) is 0.180. The molecule has 5 nitrogen and oxygen atoms in total. The third kappa shape index (κ3) is 8.39. The maximum atomic E-state index is 12.9. The second-order valence-electron chi connectivity index (χ2n) is 5.42. The molecule has 1 heterocycles. The van der Waals surface area contributed by atoms with E-state index in [0.29, 0.717) is 6.54 Å². The van der Waals surface area contributed by atoms with Crippen LogP contribution in [-0.4, -0.2) is 30.0 Å². The van der Waals surface area contributed by atoms with Gasteiger partial charge < -0.3 is 15.2 Å². The van der Waals surface area contributed by atoms with Crippen molar-refractivity contribution in [3.05, 3.63) is 47.6 Å². The average Bonchev–Trinajstić information content (AvgIpc) is 3.09. The number of rotatable bonds is 9. The molecule has 0 unspecified atom stereocenters. The molecule has 26 heavy (non-hydrogen) atoms. The van der Waals surface area contributed by atoms with Crippen molar-refractivity contribution in [3.8, 4) is 0 Å². The van der Waals surface area contributed by atoms with Gasteiger partial charge in [-0.2, -0.15) is 0 Å². The molecule has 0 aliphatic rings. The highest BCUT2D eigenvalue weighted by Gasteiger charge is 2.03. The van der Waals surface area contributed by atoms with Crippen molar-refractivity contribution in [1.29, 1.82) is 0 Å². The summed E-state index contributed by atoms with van der Waals surface area (Å²) >= 11 is 1.72. The third-order valence-electron chi connectivity index (χ3n) is 3.40. The molecule has 0 bridgehead atoms. The zero-order chi connectivity index (χ0) is 17.9. The summed E-state index contributed by atoms with van der Waals surface area (Å²) in [6.45, 7) is 6.15. The molecule has 1 aromatic heterocycles. The number of halogens is 2. The van der Waals surface area contributed by atoms with Gasteiger partial charge >= 0.3 is 0 Å². The summed E-state index contributed by atoms with van der Waals surface area (Å²) in [4.78, 5) is 5.59. The number of nitrogens with one attached hydrogen (secondary N) is 2. The van der Waals surface area contributed by atoms with E-state index in [1.165, 1.54) is 12.1 Å². The molecular formula is C18H26FIN4OS. The summed E-state index contributed by atoms with van der Waals surface area (Å²) in [5, 5.41) is 10.5. The van der Waals surface area contributed by atoms with Gasteiger partial charge in [-0.25, -0.2) is 9.38 Å². The van der Waals surface area contributed by atoms with E-state index in [-0.39, 0.29) is 29.8 Å². The minimum Gasteiger partial charge on any atom is -0.359 e. The Balaban J connectivity index is 0.00000338. The van der Waals surface area contributed by atoms with Gasteiger partial charge in [-0.1, -0.05) is 12.1 Å². The lowest BCUT2D eigenvalue weighted by Gasteiger charge is -2.10. The maximum absolute atomic E-state index is 12.9. The molecule has 0 atom stereocenters. The average molecular weight is 492 g/mol. The fraction of sp³-hybridized carbons (Fsp3) is 0.444. The first-order valence-corrected chi connectivity index (χ1v) is 9.54. The van der Waals surface area contributed by atoms with Crippen LogP contribution in [0.4, 0.5) is 4.39 Å². The van der Waals surface area contributed by atoms with Crippen LogP contribution >= 0.6 is 35.7 Å². The Kier molecular flexibility index (Phi) is 11.3. The van der Waals surface area contributed by atoms with E-state index < -0.39 is 0 Å². The van der Waals surface area contributed by atoms with Crippen LogP contribution in [0, 0.1) is 5.82 Å². The Hall–Kier alpha value is -1.29. The molecule has 0 amide bonds. The molecule has 0 radical (unpaired) electrons. The van der Waals surface area contributed by atoms with Crippen LogP contribution in [0.3, 0.4) is 0 Å². The fourth-order valence-electron chi connectivity index (χ4n) is 2.10. The van der Waals surface area contributed by atoms with Crippen LogP contribution in [0.1, 0.15) is 31.7 Å². The maximum Gasteiger partial charge on any atom is 0.191 e. The Bertz CT molecular complexity index is 663. The SMILES string of the molecule is CCNC(=NCc1cc(CC)no1)NCCCSc1ccc(F)cc1.I. The van der Waals surface area contributed by atoms with Crippen molar-refractivity contribution in [3.63, 3.8) is 0 Å². The highest BCUT2D eigenvalue weighted by molar-refractivity contribution is 14.0. The van der Waals surface area contributed by atoms with Gasteiger partial charge in [-0.05, 0) is 49.8 Å². The number of nitrogens with zero attached hydrogens (tertiary/aromatic N) is 2. The molecule has 0 saturated heterocycles. The van der Waals surface area contributed by atoms with Gasteiger partial charge in [0.2, 0.25) is 0 Å². The van der Waals surface area contributed by atoms with Crippen LogP contribution in [0.25, 0.3) is 0 Å². The molecule has 0 fully saturated rings. The van der Waals surface area contributed by atoms with Crippen LogP contribution in [-0.2, 0) is 13.0 Å². The number of hydrogen-bond donors (Lipinski definition) is 2. The summed E-state index contributed by atoms with van der Waals surface area (Å²) in [6, 6.07) is 8.53. The van der Waals surface area contributed by atoms with Crippen LogP contribution in [0.5, 0.6) is 0 Å². The first-order chi connectivity index (χ1) is 12.2. The Morgan fingerprint density at radius 1 is 1.23 bits per heavy atom. The summed E-state index contributed by atoms with van der Waals surface area (Å²) < 4.78 is 18.1. The number of aromatic nitrogens is 1. The van der Waals surface area contributed by atoms with Gasteiger partial charge in [0.1, 0.15) is 12.4 Å². The minimum atomic E-state index is -0.199. The van der Waals surface area contributed by atoms with Gasteiger partial charge in [0.25, 0.3) is 0 Å². The van der Waals surface area contributed by atoms with Crippen molar-refractivity contribution < 1.29 is 8.91 Å². The predicted molar refractivity (Wildman–Crippen MR) is 116 cm³/mol. The van der Waals surface area contributed by atoms with Crippen molar-refractivity contribution in [1.82, 2.24) is 15.8 Å². The predicted octanol–water partition coefficient (Wildman–Crippen LogP) is 4.23. The van der Waals surface area contributed by atoms with Crippen molar-refractivity contribution in [2.24, 2.45) is 4.99 Å². The van der Waals surface area contributed by atoms with Gasteiger partial charge in [0, 0.05) is 24.1 Å². The normalized spacial score (nSPS) is 11.1. The lowest BCUT2D eigenvalue weighted by Crippen LogP contribution is -2.37. The van der Waals surface area contributed by atoms with E-state index >= 15 is 0 Å². The van der Waals surface area contributed by atoms with Crippen molar-refractivity contribution in [2.45, 2.75) is 38.1 Å². The molecule has 0 saturated carbocycles. The summed E-state index contributed by atoms with van der Waals surface area (Å²) in [7, 11) is 0. The molecular weight excluding hydrogens is 466 g/mol. The second-order valence-corrected chi connectivity index (χ2v) is 6.58. The molecule has 0 spiro atoms. The molecule has 2 aromatic rings. The summed E-state index contributed by atoms with van der Waals surface area (Å²) in [6.07, 6.45) is 1.84. The Morgan fingerprint density at radius 3 is 2.65 bits per heavy atom. The topological polar surface area (TPSA) is 62.5 Å². The number of aryl methyl sites for hydroxylation is 1. The first kappa shape index (κ1) is 22.8. The zero-order valence-electron chi connectivity index (χ0n) is 15.1. The monoisotopic (exact) mass is 492 g/mol. The second kappa shape index (κ2) is 13.0. The van der Waals surface area contributed by atoms with Gasteiger partial charge in [-0.15, -0.1) is 35.7 Å². The number of guanidine groups is 1. The van der Waals surface area contributed by atoms with E-state index in [2.05, 4.69) is 20.8 Å². The number of benzene rings is 1. The highest BCUT2D eigenvalue weighted by Crippen LogP contribution is 2.18. The zero-order valence-corrected chi connectivity index (χ0v) is 18.3. The molecule has 1 aromatic carbocycles. The molecule has 2 rings (SSSR count). The molecule has 8 heteroatoms. The summed E-state index contributed by atoms with van der Waals surface area (Å²) in [5.41, 5.74) is 0.945. The number of hydrogen-bond acceptors (Lipinski definition) is 4. The molecule has 2 N–H and O–H groups in total. The number of aliphatic imine (C=N–C) groups is 1. The van der Waals surface area contributed by atoms with Crippen LogP contribution < -0.4 is 10.6 Å². The largest absolute Gasteiger partial charge is 0.359 e. The summed E-state index contributed by atoms with van der Waals surface area (Å²) in [5.74, 6) is 2.29. The minimum absolute atomic E-state index is 0. The smallest absolute Gasteiger partial charge is 0.191 e. The lowest BCUT2D eigenvalue weighted by atomic mass is 10.3. The third-order valence-corrected chi connectivity index (χ3v) is 4.50. The lowest BCUT2D eigenvalue weighted by molar-refractivity contribution is 0.379. The Labute approximate surface area is 175 Å². The van der Waals surface area contributed by atoms with Gasteiger partial charge in [0.05, 0.1) is 5.69 Å². The molecule has 0 aliphatic carbocycles. The van der Waals surface area contributed by atoms with Gasteiger partial charge in [-0.3, -0.25) is 0 Å². The molecule has 0 aliphatic heterocycles. The van der Waals surface area contributed by atoms with Crippen LogP contribution in [0.2, 0.25) is 0 Å². The fourth-order valence-corrected chi connectivity index (χ4v) is 2.95. The van der Waals surface area contributed by atoms with E-state index in [4.69, 9.17) is 4.52 Å². The Morgan fingerprint density at radius 2 is 2.00 bits per heavy atom. The van der Waals surface area contributed by atoms with Crippen molar-refractivity contribution >= 4 is 41.7 Å². The van der Waals surface area contributed by atoms with Gasteiger partial charge in [0.15, 0.2) is 11.7 Å². The number of thioether (sulfide) groups is 1. The van der Waals surface area contributed by atoms with Crippen LogP contribution in [0.15, 0.2) is 44.7 Å². The van der Waals surface area contributed by atoms with E-state index in [0.717, 1.165) is 54.0 Å². The highest BCUT2D eigenvalue weighted by atomic mass is 127. The standard InChI is InChI=1S/C18H25FN4OS.HI/c1-3-15-12-16(24-23-15)13-22-18(20-4-2)21-10-5-11-25-17-8-6-14(19)7-9-17;/h6-9,12H,3-5,10-11,13H2,1-2H3,(H2,20,21,22);1H. The first-order valence-electron chi connectivity index (χ1n) is 8.56. The van der Waals surface area contributed by atoms with E-state index in [1.807, 2.05) is 19.9 Å².